The maximum Gasteiger partial charge on any atom is 0.262 e. The molecule has 3 rings (SSSR count). The molecule has 31 heavy (non-hydrogen) atoms. The number of nitrogens with zero attached hydrogens (tertiary/aromatic N) is 3. The van der Waals surface area contributed by atoms with Gasteiger partial charge in [-0.2, -0.15) is 0 Å². The summed E-state index contributed by atoms with van der Waals surface area (Å²) in [5.41, 5.74) is 3.78. The van der Waals surface area contributed by atoms with Crippen molar-refractivity contribution in [2.24, 2.45) is 7.05 Å². The van der Waals surface area contributed by atoms with Gasteiger partial charge in [-0.15, -0.1) is 10.2 Å². The van der Waals surface area contributed by atoms with Crippen molar-refractivity contribution in [1.82, 2.24) is 20.1 Å². The van der Waals surface area contributed by atoms with Crippen molar-refractivity contribution in [1.29, 1.82) is 0 Å². The van der Waals surface area contributed by atoms with Crippen LogP contribution in [0.2, 0.25) is 0 Å². The first-order valence-electron chi connectivity index (χ1n) is 9.84. The van der Waals surface area contributed by atoms with Crippen molar-refractivity contribution in [2.75, 3.05) is 4.72 Å². The van der Waals surface area contributed by atoms with E-state index in [1.807, 2.05) is 33.0 Å². The number of carbonyl (C=O) groups excluding carboxylic acids is 1. The van der Waals surface area contributed by atoms with Crippen LogP contribution >= 0.6 is 0 Å². The van der Waals surface area contributed by atoms with Crippen LogP contribution in [0.5, 0.6) is 0 Å². The lowest BCUT2D eigenvalue weighted by atomic mass is 10.1. The third-order valence-corrected chi connectivity index (χ3v) is 6.88. The quantitative estimate of drug-likeness (QED) is 0.611. The number of nitrogens with one attached hydrogen (secondary N) is 2. The van der Waals surface area contributed by atoms with Gasteiger partial charge in [0, 0.05) is 12.6 Å². The average molecular weight is 442 g/mol. The summed E-state index contributed by atoms with van der Waals surface area (Å²) in [4.78, 5) is 12.9. The van der Waals surface area contributed by atoms with E-state index in [1.54, 1.807) is 43.5 Å². The highest BCUT2D eigenvalue weighted by molar-refractivity contribution is 7.92. The van der Waals surface area contributed by atoms with E-state index in [0.29, 0.717) is 33.8 Å². The number of aromatic nitrogens is 3. The standard InChI is InChI=1S/C22H27N5O3S/c1-13-9-15(3)21(16(4)10-13)31(29,30)26-19-11-18(8-7-14(19)2)22(28)23-12-20-25-24-17(5)27(20)6/h7-11,26H,12H2,1-6H3,(H,23,28). The molecule has 1 heterocycles. The predicted molar refractivity (Wildman–Crippen MR) is 120 cm³/mol. The van der Waals surface area contributed by atoms with E-state index >= 15 is 0 Å². The Hall–Kier alpha value is -3.20. The van der Waals surface area contributed by atoms with E-state index in [-0.39, 0.29) is 17.3 Å². The van der Waals surface area contributed by atoms with E-state index in [1.165, 1.54) is 0 Å². The van der Waals surface area contributed by atoms with Gasteiger partial charge in [-0.1, -0.05) is 23.8 Å². The molecule has 3 aromatic rings. The lowest BCUT2D eigenvalue weighted by molar-refractivity contribution is 0.0949. The first kappa shape index (κ1) is 22.5. The molecule has 0 atom stereocenters. The first-order chi connectivity index (χ1) is 14.5. The van der Waals surface area contributed by atoms with Crippen molar-refractivity contribution in [3.05, 3.63) is 69.8 Å². The highest BCUT2D eigenvalue weighted by Gasteiger charge is 2.21. The number of anilines is 1. The molecule has 0 radical (unpaired) electrons. The minimum Gasteiger partial charge on any atom is -0.345 e. The number of rotatable bonds is 6. The van der Waals surface area contributed by atoms with Crippen molar-refractivity contribution < 1.29 is 13.2 Å². The Morgan fingerprint density at radius 2 is 1.61 bits per heavy atom. The molecule has 2 aromatic carbocycles. The molecule has 0 fully saturated rings. The van der Waals surface area contributed by atoms with Gasteiger partial charge < -0.3 is 9.88 Å². The van der Waals surface area contributed by atoms with Gasteiger partial charge in [0.25, 0.3) is 15.9 Å². The number of carbonyl (C=O) groups is 1. The van der Waals surface area contributed by atoms with Crippen LogP contribution in [0.15, 0.2) is 35.2 Å². The van der Waals surface area contributed by atoms with Crippen LogP contribution in [0.4, 0.5) is 5.69 Å². The topological polar surface area (TPSA) is 106 Å². The highest BCUT2D eigenvalue weighted by Crippen LogP contribution is 2.26. The van der Waals surface area contributed by atoms with Gasteiger partial charge >= 0.3 is 0 Å². The predicted octanol–water partition coefficient (Wildman–Crippen LogP) is 3.09. The Morgan fingerprint density at radius 1 is 0.968 bits per heavy atom. The van der Waals surface area contributed by atoms with E-state index in [9.17, 15) is 13.2 Å². The maximum absolute atomic E-state index is 13.1. The Balaban J connectivity index is 1.84. The maximum atomic E-state index is 13.1. The van der Waals surface area contributed by atoms with E-state index in [2.05, 4.69) is 20.2 Å². The molecular weight excluding hydrogens is 414 g/mol. The Morgan fingerprint density at radius 3 is 2.19 bits per heavy atom. The first-order valence-corrected chi connectivity index (χ1v) is 11.3. The highest BCUT2D eigenvalue weighted by atomic mass is 32.2. The van der Waals surface area contributed by atoms with E-state index in [4.69, 9.17) is 0 Å². The van der Waals surface area contributed by atoms with Gasteiger partial charge in [0.1, 0.15) is 5.82 Å². The molecule has 164 valence electrons. The molecule has 0 aliphatic heterocycles. The number of hydrogen-bond acceptors (Lipinski definition) is 5. The molecule has 1 aromatic heterocycles. The number of aryl methyl sites for hydroxylation is 5. The molecule has 0 bridgehead atoms. The second kappa shape index (κ2) is 8.50. The summed E-state index contributed by atoms with van der Waals surface area (Å²) in [6, 6.07) is 8.60. The largest absolute Gasteiger partial charge is 0.345 e. The van der Waals surface area contributed by atoms with Crippen molar-refractivity contribution in [2.45, 2.75) is 46.1 Å². The second-order valence-electron chi connectivity index (χ2n) is 7.77. The summed E-state index contributed by atoms with van der Waals surface area (Å²) in [5, 5.41) is 10.8. The van der Waals surface area contributed by atoms with Crippen LogP contribution in [-0.4, -0.2) is 29.1 Å². The molecule has 0 aliphatic carbocycles. The summed E-state index contributed by atoms with van der Waals surface area (Å²) in [7, 11) is -1.99. The van der Waals surface area contributed by atoms with Gasteiger partial charge in [0.05, 0.1) is 17.1 Å². The second-order valence-corrected chi connectivity index (χ2v) is 9.39. The Kier molecular flexibility index (Phi) is 6.17. The molecule has 1 amide bonds. The number of hydrogen-bond donors (Lipinski definition) is 2. The van der Waals surface area contributed by atoms with Crippen LogP contribution in [0.3, 0.4) is 0 Å². The molecule has 0 saturated carbocycles. The third kappa shape index (κ3) is 4.77. The Labute approximate surface area is 182 Å². The number of amides is 1. The molecule has 0 unspecified atom stereocenters. The Bertz CT molecular complexity index is 1240. The number of sulfonamides is 1. The smallest absolute Gasteiger partial charge is 0.262 e. The van der Waals surface area contributed by atoms with Gasteiger partial charge in [0.2, 0.25) is 0 Å². The molecule has 0 aliphatic rings. The molecule has 0 saturated heterocycles. The molecule has 8 nitrogen and oxygen atoms in total. The normalized spacial score (nSPS) is 11.4. The van der Waals surface area contributed by atoms with E-state index in [0.717, 1.165) is 11.4 Å². The monoisotopic (exact) mass is 441 g/mol. The van der Waals surface area contributed by atoms with Crippen molar-refractivity contribution in [3.8, 4) is 0 Å². The lowest BCUT2D eigenvalue weighted by Crippen LogP contribution is -2.25. The summed E-state index contributed by atoms with van der Waals surface area (Å²) in [6.07, 6.45) is 0. The number of benzene rings is 2. The SMILES string of the molecule is Cc1cc(C)c(S(=O)(=O)Nc2cc(C(=O)NCc3nnc(C)n3C)ccc2C)c(C)c1. The van der Waals surface area contributed by atoms with Gasteiger partial charge in [-0.3, -0.25) is 9.52 Å². The zero-order valence-electron chi connectivity index (χ0n) is 18.6. The molecular formula is C22H27N5O3S. The van der Waals surface area contributed by atoms with Crippen LogP contribution < -0.4 is 10.0 Å². The fraction of sp³-hybridized carbons (Fsp3) is 0.318. The van der Waals surface area contributed by atoms with Crippen molar-refractivity contribution >= 4 is 21.6 Å². The zero-order chi connectivity index (χ0) is 22.9. The van der Waals surface area contributed by atoms with Gasteiger partial charge in [-0.25, -0.2) is 8.42 Å². The lowest BCUT2D eigenvalue weighted by Gasteiger charge is -2.16. The van der Waals surface area contributed by atoms with E-state index < -0.39 is 10.0 Å². The van der Waals surface area contributed by atoms with Crippen molar-refractivity contribution in [3.63, 3.8) is 0 Å². The summed E-state index contributed by atoms with van der Waals surface area (Å²) >= 11 is 0. The fourth-order valence-electron chi connectivity index (χ4n) is 3.53. The summed E-state index contributed by atoms with van der Waals surface area (Å²) in [6.45, 7) is 9.31. The average Bonchev–Trinajstić information content (AvgIpc) is 2.98. The summed E-state index contributed by atoms with van der Waals surface area (Å²) < 4.78 is 30.7. The third-order valence-electron chi connectivity index (χ3n) is 5.21. The molecule has 2 N–H and O–H groups in total. The van der Waals surface area contributed by atoms with Crippen LogP contribution in [-0.2, 0) is 23.6 Å². The van der Waals surface area contributed by atoms with Crippen LogP contribution in [0, 0.1) is 34.6 Å². The minimum absolute atomic E-state index is 0.215. The zero-order valence-corrected chi connectivity index (χ0v) is 19.4. The fourth-order valence-corrected chi connectivity index (χ4v) is 5.10. The van der Waals surface area contributed by atoms with Crippen LogP contribution in [0.1, 0.15) is 44.3 Å². The van der Waals surface area contributed by atoms with Crippen LogP contribution in [0.25, 0.3) is 0 Å². The van der Waals surface area contributed by atoms with Gasteiger partial charge in [0.15, 0.2) is 5.82 Å². The molecule has 9 heteroatoms. The minimum atomic E-state index is -3.82. The molecule has 0 spiro atoms. The van der Waals surface area contributed by atoms with Gasteiger partial charge in [-0.05, 0) is 63.4 Å². The summed E-state index contributed by atoms with van der Waals surface area (Å²) in [5.74, 6) is 1.05.